The molecular formula is C17H28N2O. The van der Waals surface area contributed by atoms with E-state index >= 15 is 0 Å². The van der Waals surface area contributed by atoms with Crippen molar-refractivity contribution in [2.75, 3.05) is 13.1 Å². The molecule has 4 atom stereocenters. The Morgan fingerprint density at radius 1 is 1.35 bits per heavy atom. The quantitative estimate of drug-likeness (QED) is 0.888. The van der Waals surface area contributed by atoms with Crippen LogP contribution in [0.2, 0.25) is 0 Å². The van der Waals surface area contributed by atoms with E-state index in [9.17, 15) is 5.11 Å². The number of rotatable bonds is 4. The van der Waals surface area contributed by atoms with Gasteiger partial charge in [-0.05, 0) is 31.2 Å². The number of hydrogen-bond acceptors (Lipinski definition) is 3. The lowest BCUT2D eigenvalue weighted by Crippen LogP contribution is -2.48. The predicted molar refractivity (Wildman–Crippen MR) is 83.5 cm³/mol. The van der Waals surface area contributed by atoms with Crippen LogP contribution < -0.4 is 5.73 Å². The van der Waals surface area contributed by atoms with Gasteiger partial charge in [0, 0.05) is 25.2 Å². The van der Waals surface area contributed by atoms with Gasteiger partial charge in [-0.25, -0.2) is 0 Å². The highest BCUT2D eigenvalue weighted by Crippen LogP contribution is 2.30. The molecule has 1 aliphatic heterocycles. The molecule has 0 saturated carbocycles. The minimum Gasteiger partial charge on any atom is -0.393 e. The SMILES string of the molecule is CCC(N)C(c1ccc(C)cc1)N1CCC(O)C(C)C1. The Morgan fingerprint density at radius 2 is 2.00 bits per heavy atom. The summed E-state index contributed by atoms with van der Waals surface area (Å²) in [5, 5.41) is 9.92. The number of aliphatic hydroxyl groups is 1. The summed E-state index contributed by atoms with van der Waals surface area (Å²) >= 11 is 0. The Balaban J connectivity index is 2.21. The van der Waals surface area contributed by atoms with Crippen molar-refractivity contribution in [1.29, 1.82) is 0 Å². The Kier molecular flexibility index (Phi) is 5.19. The van der Waals surface area contributed by atoms with Crippen molar-refractivity contribution in [2.45, 2.75) is 51.8 Å². The van der Waals surface area contributed by atoms with E-state index in [4.69, 9.17) is 5.73 Å². The summed E-state index contributed by atoms with van der Waals surface area (Å²) in [6.07, 6.45) is 1.65. The standard InChI is InChI=1S/C17H28N2O/c1-4-15(18)17(14-7-5-12(2)6-8-14)19-10-9-16(20)13(3)11-19/h5-8,13,15-17,20H,4,9-11,18H2,1-3H3. The summed E-state index contributed by atoms with van der Waals surface area (Å²) in [5.74, 6) is 0.320. The van der Waals surface area contributed by atoms with Crippen molar-refractivity contribution < 1.29 is 5.11 Å². The Bertz CT molecular complexity index is 418. The van der Waals surface area contributed by atoms with E-state index in [2.05, 4.69) is 49.9 Å². The molecular weight excluding hydrogens is 248 g/mol. The number of aryl methyl sites for hydroxylation is 1. The number of likely N-dealkylation sites (tertiary alicyclic amines) is 1. The molecule has 4 unspecified atom stereocenters. The number of piperidine rings is 1. The molecule has 0 radical (unpaired) electrons. The zero-order valence-corrected chi connectivity index (χ0v) is 12.9. The van der Waals surface area contributed by atoms with Gasteiger partial charge in [-0.2, -0.15) is 0 Å². The van der Waals surface area contributed by atoms with E-state index < -0.39 is 0 Å². The molecule has 1 aromatic carbocycles. The van der Waals surface area contributed by atoms with Gasteiger partial charge in [0.1, 0.15) is 0 Å². The maximum atomic E-state index is 9.92. The van der Waals surface area contributed by atoms with Gasteiger partial charge >= 0.3 is 0 Å². The summed E-state index contributed by atoms with van der Waals surface area (Å²) in [4.78, 5) is 2.45. The first-order valence-corrected chi connectivity index (χ1v) is 7.77. The van der Waals surface area contributed by atoms with Gasteiger partial charge < -0.3 is 10.8 Å². The van der Waals surface area contributed by atoms with Crippen molar-refractivity contribution >= 4 is 0 Å². The Morgan fingerprint density at radius 3 is 2.55 bits per heavy atom. The zero-order chi connectivity index (χ0) is 14.7. The minimum absolute atomic E-state index is 0.139. The van der Waals surface area contributed by atoms with Gasteiger partial charge in [0.05, 0.1) is 6.10 Å². The molecule has 20 heavy (non-hydrogen) atoms. The van der Waals surface area contributed by atoms with E-state index in [1.54, 1.807) is 0 Å². The van der Waals surface area contributed by atoms with E-state index in [0.717, 1.165) is 25.9 Å². The van der Waals surface area contributed by atoms with Crippen LogP contribution in [-0.4, -0.2) is 35.2 Å². The lowest BCUT2D eigenvalue weighted by molar-refractivity contribution is 0.0112. The largest absolute Gasteiger partial charge is 0.393 e. The lowest BCUT2D eigenvalue weighted by Gasteiger charge is -2.42. The number of hydrogen-bond donors (Lipinski definition) is 2. The molecule has 1 heterocycles. The second-order valence-electron chi connectivity index (χ2n) is 6.26. The van der Waals surface area contributed by atoms with Gasteiger partial charge in [-0.15, -0.1) is 0 Å². The fraction of sp³-hybridized carbons (Fsp3) is 0.647. The summed E-state index contributed by atoms with van der Waals surface area (Å²) in [7, 11) is 0. The van der Waals surface area contributed by atoms with Crippen molar-refractivity contribution in [2.24, 2.45) is 11.7 Å². The molecule has 112 valence electrons. The summed E-state index contributed by atoms with van der Waals surface area (Å²) in [6, 6.07) is 9.12. The third-order valence-corrected chi connectivity index (χ3v) is 4.58. The Hall–Kier alpha value is -0.900. The smallest absolute Gasteiger partial charge is 0.0590 e. The second kappa shape index (κ2) is 6.70. The van der Waals surface area contributed by atoms with Gasteiger partial charge in [0.2, 0.25) is 0 Å². The molecule has 0 bridgehead atoms. The molecule has 1 aromatic rings. The normalized spacial score (nSPS) is 27.2. The average Bonchev–Trinajstić information content (AvgIpc) is 2.45. The molecule has 3 N–H and O–H groups in total. The molecule has 1 saturated heterocycles. The van der Waals surface area contributed by atoms with Gasteiger partial charge in [0.25, 0.3) is 0 Å². The van der Waals surface area contributed by atoms with Gasteiger partial charge in [0.15, 0.2) is 0 Å². The topological polar surface area (TPSA) is 49.5 Å². The fourth-order valence-electron chi connectivity index (χ4n) is 3.13. The summed E-state index contributed by atoms with van der Waals surface area (Å²) < 4.78 is 0. The van der Waals surface area contributed by atoms with Gasteiger partial charge in [-0.3, -0.25) is 4.90 Å². The first-order valence-electron chi connectivity index (χ1n) is 7.77. The van der Waals surface area contributed by atoms with Crippen LogP contribution in [-0.2, 0) is 0 Å². The third-order valence-electron chi connectivity index (χ3n) is 4.58. The predicted octanol–water partition coefficient (Wildman–Crippen LogP) is 2.48. The minimum atomic E-state index is -0.164. The van der Waals surface area contributed by atoms with Crippen LogP contribution in [0.25, 0.3) is 0 Å². The second-order valence-corrected chi connectivity index (χ2v) is 6.26. The van der Waals surface area contributed by atoms with E-state index in [1.165, 1.54) is 11.1 Å². The van der Waals surface area contributed by atoms with Crippen molar-refractivity contribution in [3.05, 3.63) is 35.4 Å². The highest BCUT2D eigenvalue weighted by molar-refractivity contribution is 5.25. The maximum absolute atomic E-state index is 9.92. The van der Waals surface area contributed by atoms with E-state index in [0.29, 0.717) is 5.92 Å². The first kappa shape index (κ1) is 15.5. The van der Waals surface area contributed by atoms with Crippen LogP contribution >= 0.6 is 0 Å². The molecule has 2 rings (SSSR count). The van der Waals surface area contributed by atoms with Crippen LogP contribution in [0.15, 0.2) is 24.3 Å². The van der Waals surface area contributed by atoms with E-state index in [1.807, 2.05) is 0 Å². The number of nitrogens with two attached hydrogens (primary N) is 1. The van der Waals surface area contributed by atoms with Crippen molar-refractivity contribution in [3.63, 3.8) is 0 Å². The first-order chi connectivity index (χ1) is 9.52. The average molecular weight is 276 g/mol. The molecule has 3 nitrogen and oxygen atoms in total. The molecule has 1 fully saturated rings. The monoisotopic (exact) mass is 276 g/mol. The van der Waals surface area contributed by atoms with Crippen LogP contribution in [0, 0.1) is 12.8 Å². The number of aliphatic hydroxyl groups excluding tert-OH is 1. The highest BCUT2D eigenvalue weighted by atomic mass is 16.3. The number of nitrogens with zero attached hydrogens (tertiary/aromatic N) is 1. The molecule has 0 aliphatic carbocycles. The number of benzene rings is 1. The molecule has 0 aromatic heterocycles. The van der Waals surface area contributed by atoms with Gasteiger partial charge in [-0.1, -0.05) is 43.7 Å². The summed E-state index contributed by atoms with van der Waals surface area (Å²) in [5.41, 5.74) is 8.97. The van der Waals surface area contributed by atoms with Crippen LogP contribution in [0.4, 0.5) is 0 Å². The molecule has 0 amide bonds. The lowest BCUT2D eigenvalue weighted by atomic mass is 9.90. The van der Waals surface area contributed by atoms with Crippen molar-refractivity contribution in [1.82, 2.24) is 4.90 Å². The van der Waals surface area contributed by atoms with Crippen LogP contribution in [0.1, 0.15) is 43.9 Å². The zero-order valence-electron chi connectivity index (χ0n) is 12.9. The van der Waals surface area contributed by atoms with Crippen LogP contribution in [0.3, 0.4) is 0 Å². The molecule has 1 aliphatic rings. The summed E-state index contributed by atoms with van der Waals surface area (Å²) in [6.45, 7) is 8.23. The third kappa shape index (κ3) is 3.40. The maximum Gasteiger partial charge on any atom is 0.0590 e. The Labute approximate surface area is 122 Å². The molecule has 0 spiro atoms. The van der Waals surface area contributed by atoms with Crippen molar-refractivity contribution in [3.8, 4) is 0 Å². The van der Waals surface area contributed by atoms with E-state index in [-0.39, 0.29) is 18.2 Å². The fourth-order valence-corrected chi connectivity index (χ4v) is 3.13. The highest BCUT2D eigenvalue weighted by Gasteiger charge is 2.32. The van der Waals surface area contributed by atoms with Crippen LogP contribution in [0.5, 0.6) is 0 Å². The molecule has 3 heteroatoms.